The third-order valence-electron chi connectivity index (χ3n) is 2.31. The molecule has 0 spiro atoms. The van der Waals surface area contributed by atoms with Crippen LogP contribution in [0, 0.1) is 0 Å². The number of hydrogen-bond acceptors (Lipinski definition) is 3. The van der Waals surface area contributed by atoms with Crippen LogP contribution < -0.4 is 5.32 Å². The summed E-state index contributed by atoms with van der Waals surface area (Å²) < 4.78 is 2.20. The first-order chi connectivity index (χ1) is 7.38. The Morgan fingerprint density at radius 2 is 2.19 bits per heavy atom. The van der Waals surface area contributed by atoms with Crippen molar-refractivity contribution in [2.75, 3.05) is 12.3 Å². The monoisotopic (exact) mass is 241 g/mol. The minimum Gasteiger partial charge on any atom is -0.309 e. The highest BCUT2D eigenvalue weighted by atomic mass is 32.2. The molecule has 4 heteroatoms. The first-order valence-corrected chi connectivity index (χ1v) is 6.73. The highest BCUT2D eigenvalue weighted by Crippen LogP contribution is 2.22. The van der Waals surface area contributed by atoms with Gasteiger partial charge in [0.2, 0.25) is 0 Å². The minimum atomic E-state index is 0.360. The lowest BCUT2D eigenvalue weighted by Crippen LogP contribution is -2.22. The van der Waals surface area contributed by atoms with Gasteiger partial charge in [-0.2, -0.15) is 16.9 Å². The van der Waals surface area contributed by atoms with E-state index >= 15 is 0 Å². The van der Waals surface area contributed by atoms with Gasteiger partial charge >= 0.3 is 0 Å². The summed E-state index contributed by atoms with van der Waals surface area (Å²) in [6, 6.07) is 0.384. The molecule has 1 unspecified atom stereocenters. The van der Waals surface area contributed by atoms with Gasteiger partial charge in [-0.05, 0) is 6.92 Å². The van der Waals surface area contributed by atoms with E-state index in [-0.39, 0.29) is 0 Å². The summed E-state index contributed by atoms with van der Waals surface area (Å²) in [6.07, 6.45) is 3.99. The molecule has 0 fully saturated rings. The summed E-state index contributed by atoms with van der Waals surface area (Å²) in [5.41, 5.74) is 1.25. The van der Waals surface area contributed by atoms with Crippen molar-refractivity contribution in [3.8, 4) is 0 Å². The van der Waals surface area contributed by atoms with Crippen molar-refractivity contribution in [1.82, 2.24) is 15.1 Å². The van der Waals surface area contributed by atoms with Gasteiger partial charge in [-0.25, -0.2) is 0 Å². The Hall–Kier alpha value is -0.480. The molecule has 1 heterocycles. The number of thioether (sulfide) groups is 1. The van der Waals surface area contributed by atoms with Gasteiger partial charge in [0.1, 0.15) is 0 Å². The van der Waals surface area contributed by atoms with Crippen LogP contribution in [0.25, 0.3) is 0 Å². The molecule has 0 saturated carbocycles. The lowest BCUT2D eigenvalue weighted by molar-refractivity contribution is 0.599. The largest absolute Gasteiger partial charge is 0.309 e. The van der Waals surface area contributed by atoms with Crippen LogP contribution in [0.1, 0.15) is 39.3 Å². The predicted molar refractivity (Wildman–Crippen MR) is 71.8 cm³/mol. The summed E-state index contributed by atoms with van der Waals surface area (Å²) in [4.78, 5) is 0. The fourth-order valence-electron chi connectivity index (χ4n) is 1.41. The fraction of sp³-hybridized carbons (Fsp3) is 0.750. The molecule has 1 aromatic rings. The van der Waals surface area contributed by atoms with Gasteiger partial charge in [-0.3, -0.25) is 4.68 Å². The maximum Gasteiger partial charge on any atom is 0.0537 e. The van der Waals surface area contributed by atoms with Gasteiger partial charge < -0.3 is 5.32 Å². The third kappa shape index (κ3) is 5.03. The molecule has 92 valence electrons. The molecule has 1 N–H and O–H groups in total. The Morgan fingerprint density at radius 1 is 1.50 bits per heavy atom. The van der Waals surface area contributed by atoms with Crippen LogP contribution in [0.2, 0.25) is 0 Å². The molecule has 0 saturated heterocycles. The molecule has 0 aromatic carbocycles. The zero-order valence-electron chi connectivity index (χ0n) is 10.9. The van der Waals surface area contributed by atoms with Gasteiger partial charge in [-0.1, -0.05) is 20.8 Å². The van der Waals surface area contributed by atoms with Crippen LogP contribution in [-0.2, 0) is 7.05 Å². The molecule has 16 heavy (non-hydrogen) atoms. The molecular formula is C12H23N3S. The smallest absolute Gasteiger partial charge is 0.0537 e. The molecule has 1 aromatic heterocycles. The molecular weight excluding hydrogens is 218 g/mol. The Morgan fingerprint density at radius 3 is 2.69 bits per heavy atom. The molecule has 0 radical (unpaired) electrons. The lowest BCUT2D eigenvalue weighted by Gasteiger charge is -2.18. The summed E-state index contributed by atoms with van der Waals surface area (Å²) in [7, 11) is 1.95. The van der Waals surface area contributed by atoms with E-state index in [1.807, 2.05) is 29.7 Å². The molecule has 0 aliphatic rings. The van der Waals surface area contributed by atoms with Crippen LogP contribution in [-0.4, -0.2) is 26.8 Å². The van der Waals surface area contributed by atoms with Crippen LogP contribution in [0.5, 0.6) is 0 Å². The van der Waals surface area contributed by atoms with Crippen molar-refractivity contribution >= 4 is 11.8 Å². The van der Waals surface area contributed by atoms with Crippen LogP contribution in [0.4, 0.5) is 0 Å². The van der Waals surface area contributed by atoms with E-state index in [9.17, 15) is 0 Å². The predicted octanol–water partition coefficient (Wildman–Crippen LogP) is 2.60. The molecule has 1 rings (SSSR count). The number of rotatable bonds is 5. The van der Waals surface area contributed by atoms with Crippen molar-refractivity contribution in [3.63, 3.8) is 0 Å². The number of aromatic nitrogens is 2. The first-order valence-electron chi connectivity index (χ1n) is 5.74. The lowest BCUT2D eigenvalue weighted by atomic mass is 10.2. The van der Waals surface area contributed by atoms with Crippen LogP contribution in [0.3, 0.4) is 0 Å². The van der Waals surface area contributed by atoms with E-state index < -0.39 is 0 Å². The topological polar surface area (TPSA) is 29.9 Å². The number of hydrogen-bond donors (Lipinski definition) is 1. The molecule has 3 nitrogen and oxygen atoms in total. The fourth-order valence-corrected chi connectivity index (χ4v) is 2.25. The van der Waals surface area contributed by atoms with Crippen LogP contribution in [0.15, 0.2) is 12.4 Å². The van der Waals surface area contributed by atoms with Gasteiger partial charge in [0.25, 0.3) is 0 Å². The Kier molecular flexibility index (Phi) is 4.87. The highest BCUT2D eigenvalue weighted by molar-refractivity contribution is 8.00. The standard InChI is InChI=1S/C12H23N3S/c1-10(11-8-14-15(5)9-11)13-6-7-16-12(2,3)4/h8-10,13H,6-7H2,1-5H3. The second-order valence-electron chi connectivity index (χ2n) is 5.08. The molecule has 0 bridgehead atoms. The highest BCUT2D eigenvalue weighted by Gasteiger charge is 2.10. The Labute approximate surface area is 103 Å². The SMILES string of the molecule is CC(NCCSC(C)(C)C)c1cnn(C)c1. The number of nitrogens with one attached hydrogen (secondary N) is 1. The minimum absolute atomic E-state index is 0.360. The van der Waals surface area contributed by atoms with E-state index in [0.717, 1.165) is 12.3 Å². The van der Waals surface area contributed by atoms with Crippen molar-refractivity contribution in [2.24, 2.45) is 7.05 Å². The van der Waals surface area contributed by atoms with Gasteiger partial charge in [0.15, 0.2) is 0 Å². The summed E-state index contributed by atoms with van der Waals surface area (Å²) >= 11 is 1.99. The number of nitrogens with zero attached hydrogens (tertiary/aromatic N) is 2. The van der Waals surface area contributed by atoms with Crippen molar-refractivity contribution in [1.29, 1.82) is 0 Å². The van der Waals surface area contributed by atoms with E-state index in [2.05, 4.69) is 44.3 Å². The number of aryl methyl sites for hydroxylation is 1. The van der Waals surface area contributed by atoms with Crippen molar-refractivity contribution in [2.45, 2.75) is 38.5 Å². The average Bonchev–Trinajstić information content (AvgIpc) is 2.57. The summed E-state index contributed by atoms with van der Waals surface area (Å²) in [6.45, 7) is 9.98. The first kappa shape index (κ1) is 13.6. The van der Waals surface area contributed by atoms with E-state index in [1.54, 1.807) is 0 Å². The quantitative estimate of drug-likeness (QED) is 0.804. The molecule has 1 atom stereocenters. The van der Waals surface area contributed by atoms with E-state index in [1.165, 1.54) is 5.56 Å². The maximum atomic E-state index is 4.18. The second kappa shape index (κ2) is 5.73. The molecule has 0 aliphatic carbocycles. The van der Waals surface area contributed by atoms with E-state index in [0.29, 0.717) is 10.8 Å². The maximum absolute atomic E-state index is 4.18. The third-order valence-corrected chi connectivity index (χ3v) is 3.59. The van der Waals surface area contributed by atoms with Crippen LogP contribution >= 0.6 is 11.8 Å². The zero-order valence-corrected chi connectivity index (χ0v) is 11.8. The summed E-state index contributed by atoms with van der Waals surface area (Å²) in [5, 5.41) is 7.69. The normalized spacial score (nSPS) is 14.1. The van der Waals surface area contributed by atoms with E-state index in [4.69, 9.17) is 0 Å². The van der Waals surface area contributed by atoms with Gasteiger partial charge in [0.05, 0.1) is 6.20 Å². The zero-order chi connectivity index (χ0) is 12.2. The Balaban J connectivity index is 2.23. The second-order valence-corrected chi connectivity index (χ2v) is 7.01. The molecule has 0 amide bonds. The average molecular weight is 241 g/mol. The molecule has 0 aliphatic heterocycles. The van der Waals surface area contributed by atoms with Gasteiger partial charge in [-0.15, -0.1) is 0 Å². The summed E-state index contributed by atoms with van der Waals surface area (Å²) in [5.74, 6) is 1.15. The van der Waals surface area contributed by atoms with Crippen molar-refractivity contribution in [3.05, 3.63) is 18.0 Å². The van der Waals surface area contributed by atoms with Gasteiger partial charge in [0, 0.05) is 41.9 Å². The van der Waals surface area contributed by atoms with Crippen molar-refractivity contribution < 1.29 is 0 Å². The Bertz CT molecular complexity index is 314.